The molecule has 0 atom stereocenters. The first-order chi connectivity index (χ1) is 8.76. The zero-order chi connectivity index (χ0) is 13.0. The molecule has 0 saturated heterocycles. The summed E-state index contributed by atoms with van der Waals surface area (Å²) in [6.07, 6.45) is 2.96. The number of rotatable bonds is 4. The van der Waals surface area contributed by atoms with Crippen LogP contribution in [0.3, 0.4) is 0 Å². The first kappa shape index (κ1) is 12.4. The summed E-state index contributed by atoms with van der Waals surface area (Å²) in [5.74, 6) is -0.0632. The maximum atomic E-state index is 12.2. The van der Waals surface area contributed by atoms with Crippen molar-refractivity contribution in [2.75, 3.05) is 11.4 Å². The second kappa shape index (κ2) is 5.51. The molecule has 0 aliphatic carbocycles. The Balaban J connectivity index is 2.24. The van der Waals surface area contributed by atoms with E-state index in [4.69, 9.17) is 10.2 Å². The van der Waals surface area contributed by atoms with Gasteiger partial charge in [-0.15, -0.1) is 0 Å². The molecule has 1 aromatic heterocycles. The zero-order valence-electron chi connectivity index (χ0n) is 10.3. The normalized spacial score (nSPS) is 10.3. The fourth-order valence-electron chi connectivity index (χ4n) is 1.80. The molecule has 4 nitrogen and oxygen atoms in total. The molecule has 18 heavy (non-hydrogen) atoms. The van der Waals surface area contributed by atoms with Crippen molar-refractivity contribution in [1.29, 1.82) is 0 Å². The summed E-state index contributed by atoms with van der Waals surface area (Å²) in [7, 11) is 0. The summed E-state index contributed by atoms with van der Waals surface area (Å²) in [4.78, 5) is 13.9. The molecule has 0 aliphatic heterocycles. The van der Waals surface area contributed by atoms with Gasteiger partial charge in [0.1, 0.15) is 6.26 Å². The van der Waals surface area contributed by atoms with Crippen LogP contribution in [0.5, 0.6) is 0 Å². The molecule has 94 valence electrons. The molecule has 1 heterocycles. The number of benzene rings is 1. The lowest BCUT2D eigenvalue weighted by Crippen LogP contribution is -2.30. The Labute approximate surface area is 106 Å². The van der Waals surface area contributed by atoms with Gasteiger partial charge in [0.15, 0.2) is 0 Å². The Morgan fingerprint density at radius 1 is 1.28 bits per heavy atom. The Bertz CT molecular complexity index is 503. The third kappa shape index (κ3) is 2.43. The highest BCUT2D eigenvalue weighted by Crippen LogP contribution is 2.18. The molecule has 2 rings (SSSR count). The molecule has 0 unspecified atom stereocenters. The van der Waals surface area contributed by atoms with Crippen LogP contribution in [-0.4, -0.2) is 12.5 Å². The summed E-state index contributed by atoms with van der Waals surface area (Å²) in [6.45, 7) is 3.04. The van der Waals surface area contributed by atoms with Gasteiger partial charge in [0, 0.05) is 18.8 Å². The van der Waals surface area contributed by atoms with E-state index in [1.807, 2.05) is 31.2 Å². The van der Waals surface area contributed by atoms with E-state index in [-0.39, 0.29) is 5.91 Å². The van der Waals surface area contributed by atoms with Gasteiger partial charge in [0.05, 0.1) is 11.8 Å². The van der Waals surface area contributed by atoms with Crippen molar-refractivity contribution >= 4 is 11.6 Å². The van der Waals surface area contributed by atoms with Crippen molar-refractivity contribution in [2.24, 2.45) is 5.73 Å². The molecular formula is C14H16N2O2. The average Bonchev–Trinajstić information content (AvgIpc) is 2.94. The van der Waals surface area contributed by atoms with E-state index >= 15 is 0 Å². The van der Waals surface area contributed by atoms with Gasteiger partial charge in [0.2, 0.25) is 0 Å². The van der Waals surface area contributed by atoms with Gasteiger partial charge in [-0.3, -0.25) is 4.79 Å². The summed E-state index contributed by atoms with van der Waals surface area (Å²) in [6, 6.07) is 9.34. The maximum absolute atomic E-state index is 12.2. The molecule has 0 bridgehead atoms. The molecule has 0 spiro atoms. The van der Waals surface area contributed by atoms with Crippen LogP contribution in [0.4, 0.5) is 5.69 Å². The molecule has 0 fully saturated rings. The van der Waals surface area contributed by atoms with Crippen molar-refractivity contribution in [3.05, 3.63) is 54.0 Å². The van der Waals surface area contributed by atoms with Gasteiger partial charge < -0.3 is 15.1 Å². The number of furan rings is 1. The lowest BCUT2D eigenvalue weighted by atomic mass is 10.2. The van der Waals surface area contributed by atoms with Crippen LogP contribution in [0.2, 0.25) is 0 Å². The summed E-state index contributed by atoms with van der Waals surface area (Å²) < 4.78 is 4.94. The summed E-state index contributed by atoms with van der Waals surface area (Å²) in [5.41, 5.74) is 8.02. The van der Waals surface area contributed by atoms with Crippen molar-refractivity contribution < 1.29 is 9.21 Å². The Kier molecular flexibility index (Phi) is 3.79. The molecule has 2 N–H and O–H groups in total. The highest BCUT2D eigenvalue weighted by molar-refractivity contribution is 6.05. The van der Waals surface area contributed by atoms with Gasteiger partial charge in [-0.2, -0.15) is 0 Å². The van der Waals surface area contributed by atoms with Gasteiger partial charge in [-0.1, -0.05) is 12.1 Å². The largest absolute Gasteiger partial charge is 0.472 e. The van der Waals surface area contributed by atoms with E-state index < -0.39 is 0 Å². The molecular weight excluding hydrogens is 228 g/mol. The number of anilines is 1. The van der Waals surface area contributed by atoms with Gasteiger partial charge in [-0.25, -0.2) is 0 Å². The van der Waals surface area contributed by atoms with Crippen LogP contribution in [0.1, 0.15) is 22.8 Å². The van der Waals surface area contributed by atoms with Crippen molar-refractivity contribution in [1.82, 2.24) is 0 Å². The molecule has 1 aromatic carbocycles. The molecule has 4 heteroatoms. The molecule has 0 aliphatic rings. The van der Waals surface area contributed by atoms with Crippen LogP contribution in [-0.2, 0) is 6.54 Å². The number of carbonyl (C=O) groups is 1. The fourth-order valence-corrected chi connectivity index (χ4v) is 1.80. The average molecular weight is 244 g/mol. The van der Waals surface area contributed by atoms with E-state index in [9.17, 15) is 4.79 Å². The second-order valence-electron chi connectivity index (χ2n) is 3.93. The fraction of sp³-hybridized carbons (Fsp3) is 0.214. The number of hydrogen-bond acceptors (Lipinski definition) is 3. The molecule has 0 saturated carbocycles. The first-order valence-electron chi connectivity index (χ1n) is 5.89. The minimum atomic E-state index is -0.0632. The van der Waals surface area contributed by atoms with Gasteiger partial charge in [-0.05, 0) is 30.7 Å². The van der Waals surface area contributed by atoms with Crippen LogP contribution >= 0.6 is 0 Å². The van der Waals surface area contributed by atoms with E-state index in [1.165, 1.54) is 12.5 Å². The lowest BCUT2D eigenvalue weighted by Gasteiger charge is -2.20. The summed E-state index contributed by atoms with van der Waals surface area (Å²) in [5, 5.41) is 0. The van der Waals surface area contributed by atoms with Crippen molar-refractivity contribution in [3.8, 4) is 0 Å². The quantitative estimate of drug-likeness (QED) is 0.898. The second-order valence-corrected chi connectivity index (χ2v) is 3.93. The topological polar surface area (TPSA) is 59.5 Å². The van der Waals surface area contributed by atoms with Gasteiger partial charge >= 0.3 is 0 Å². The van der Waals surface area contributed by atoms with E-state index in [0.717, 1.165) is 11.3 Å². The monoisotopic (exact) mass is 244 g/mol. The Hall–Kier alpha value is -2.07. The predicted octanol–water partition coefficient (Wildman–Crippen LogP) is 2.41. The smallest absolute Gasteiger partial charge is 0.261 e. The van der Waals surface area contributed by atoms with Crippen LogP contribution in [0.15, 0.2) is 47.3 Å². The Morgan fingerprint density at radius 3 is 2.50 bits per heavy atom. The maximum Gasteiger partial charge on any atom is 0.261 e. The van der Waals surface area contributed by atoms with Crippen molar-refractivity contribution in [3.63, 3.8) is 0 Å². The van der Waals surface area contributed by atoms with Gasteiger partial charge in [0.25, 0.3) is 5.91 Å². The zero-order valence-corrected chi connectivity index (χ0v) is 10.3. The van der Waals surface area contributed by atoms with Crippen LogP contribution in [0.25, 0.3) is 0 Å². The number of nitrogens with zero attached hydrogens (tertiary/aromatic N) is 1. The lowest BCUT2D eigenvalue weighted by molar-refractivity contribution is 0.0987. The minimum Gasteiger partial charge on any atom is -0.472 e. The third-order valence-electron chi connectivity index (χ3n) is 2.81. The van der Waals surface area contributed by atoms with Crippen molar-refractivity contribution in [2.45, 2.75) is 13.5 Å². The third-order valence-corrected chi connectivity index (χ3v) is 2.81. The Morgan fingerprint density at radius 2 is 2.00 bits per heavy atom. The highest BCUT2D eigenvalue weighted by Gasteiger charge is 2.16. The standard InChI is InChI=1S/C14H16N2O2/c1-2-16(14(17)12-7-8-18-10-12)13-5-3-11(9-15)4-6-13/h3-8,10H,2,9,15H2,1H3. The highest BCUT2D eigenvalue weighted by atomic mass is 16.3. The summed E-state index contributed by atoms with van der Waals surface area (Å²) >= 11 is 0. The van der Waals surface area contributed by atoms with Crippen LogP contribution in [0, 0.1) is 0 Å². The number of nitrogens with two attached hydrogens (primary N) is 1. The van der Waals surface area contributed by atoms with E-state index in [0.29, 0.717) is 18.7 Å². The molecule has 0 radical (unpaired) electrons. The number of amides is 1. The van der Waals surface area contributed by atoms with Crippen LogP contribution < -0.4 is 10.6 Å². The molecule has 1 amide bonds. The predicted molar refractivity (Wildman–Crippen MR) is 70.4 cm³/mol. The SMILES string of the molecule is CCN(C(=O)c1ccoc1)c1ccc(CN)cc1. The minimum absolute atomic E-state index is 0.0632. The number of hydrogen-bond donors (Lipinski definition) is 1. The van der Waals surface area contributed by atoms with E-state index in [1.54, 1.807) is 11.0 Å². The number of carbonyl (C=O) groups excluding carboxylic acids is 1. The molecule has 2 aromatic rings. The van der Waals surface area contributed by atoms with E-state index in [2.05, 4.69) is 0 Å². The first-order valence-corrected chi connectivity index (χ1v) is 5.89.